The Bertz CT molecular complexity index is 245. The van der Waals surface area contributed by atoms with Gasteiger partial charge >= 0.3 is 0 Å². The molecular formula is C13H26N2O. The summed E-state index contributed by atoms with van der Waals surface area (Å²) in [6.45, 7) is 12.4. The Balaban J connectivity index is 1.95. The fourth-order valence-electron chi connectivity index (χ4n) is 2.99. The van der Waals surface area contributed by atoms with Gasteiger partial charge in [0.2, 0.25) is 0 Å². The number of likely N-dealkylation sites (tertiary alicyclic amines) is 1. The highest BCUT2D eigenvalue weighted by atomic mass is 16.5. The van der Waals surface area contributed by atoms with Gasteiger partial charge < -0.3 is 4.74 Å². The number of rotatable bonds is 2. The summed E-state index contributed by atoms with van der Waals surface area (Å²) in [6, 6.07) is 2.08. The van der Waals surface area contributed by atoms with Crippen LogP contribution >= 0.6 is 0 Å². The second-order valence-electron chi connectivity index (χ2n) is 6.42. The van der Waals surface area contributed by atoms with Crippen LogP contribution in [0.5, 0.6) is 0 Å². The topological polar surface area (TPSA) is 15.7 Å². The van der Waals surface area contributed by atoms with Crippen molar-refractivity contribution in [3.8, 4) is 0 Å². The van der Waals surface area contributed by atoms with E-state index >= 15 is 0 Å². The molecule has 0 saturated carbocycles. The van der Waals surface area contributed by atoms with E-state index in [2.05, 4.69) is 44.5 Å². The maximum Gasteiger partial charge on any atom is 0.0645 e. The highest BCUT2D eigenvalue weighted by Gasteiger charge is 2.39. The Morgan fingerprint density at radius 2 is 1.81 bits per heavy atom. The monoisotopic (exact) mass is 226 g/mol. The zero-order valence-electron chi connectivity index (χ0n) is 11.4. The van der Waals surface area contributed by atoms with Gasteiger partial charge in [0.15, 0.2) is 0 Å². The first-order chi connectivity index (χ1) is 7.39. The van der Waals surface area contributed by atoms with Crippen LogP contribution in [-0.2, 0) is 4.74 Å². The number of likely N-dealkylation sites (N-methyl/N-ethyl adjacent to an activating group) is 1. The number of hydrogen-bond acceptors (Lipinski definition) is 3. The molecule has 2 heterocycles. The summed E-state index contributed by atoms with van der Waals surface area (Å²) in [5.74, 6) is 0. The molecule has 2 saturated heterocycles. The second kappa shape index (κ2) is 4.28. The predicted molar refractivity (Wildman–Crippen MR) is 66.7 cm³/mol. The maximum absolute atomic E-state index is 5.28. The summed E-state index contributed by atoms with van der Waals surface area (Å²) < 4.78 is 5.28. The van der Waals surface area contributed by atoms with Crippen molar-refractivity contribution in [1.29, 1.82) is 0 Å². The maximum atomic E-state index is 5.28. The van der Waals surface area contributed by atoms with E-state index in [0.717, 1.165) is 13.2 Å². The minimum absolute atomic E-state index is 0.297. The summed E-state index contributed by atoms with van der Waals surface area (Å²) in [5.41, 5.74) is 0.297. The van der Waals surface area contributed by atoms with Gasteiger partial charge in [-0.3, -0.25) is 9.80 Å². The molecule has 0 aromatic rings. The van der Waals surface area contributed by atoms with Gasteiger partial charge in [-0.1, -0.05) is 0 Å². The third-order valence-electron chi connectivity index (χ3n) is 4.19. The molecule has 0 aromatic heterocycles. The molecule has 16 heavy (non-hydrogen) atoms. The third-order valence-corrected chi connectivity index (χ3v) is 4.19. The molecule has 0 amide bonds. The highest BCUT2D eigenvalue weighted by Crippen LogP contribution is 2.29. The van der Waals surface area contributed by atoms with Crippen molar-refractivity contribution in [1.82, 2.24) is 9.80 Å². The molecule has 2 aliphatic heterocycles. The molecule has 94 valence electrons. The van der Waals surface area contributed by atoms with Gasteiger partial charge in [-0.2, -0.15) is 0 Å². The molecule has 0 aliphatic carbocycles. The van der Waals surface area contributed by atoms with E-state index in [-0.39, 0.29) is 0 Å². The number of hydrogen-bond donors (Lipinski definition) is 0. The van der Waals surface area contributed by atoms with Gasteiger partial charge in [0, 0.05) is 24.2 Å². The fourth-order valence-corrected chi connectivity index (χ4v) is 2.99. The lowest BCUT2D eigenvalue weighted by molar-refractivity contribution is -0.0685. The molecule has 2 fully saturated rings. The summed E-state index contributed by atoms with van der Waals surface area (Å²) >= 11 is 0. The van der Waals surface area contributed by atoms with E-state index < -0.39 is 0 Å². The number of nitrogens with zero attached hydrogens (tertiary/aromatic N) is 2. The van der Waals surface area contributed by atoms with Crippen LogP contribution in [0.2, 0.25) is 0 Å². The van der Waals surface area contributed by atoms with Gasteiger partial charge in [0.1, 0.15) is 0 Å². The molecule has 2 rings (SSSR count). The molecule has 3 nitrogen and oxygen atoms in total. The first-order valence-corrected chi connectivity index (χ1v) is 6.46. The van der Waals surface area contributed by atoms with E-state index in [4.69, 9.17) is 4.74 Å². The van der Waals surface area contributed by atoms with Crippen LogP contribution in [0.4, 0.5) is 0 Å². The zero-order chi connectivity index (χ0) is 11.9. The quantitative estimate of drug-likeness (QED) is 0.711. The van der Waals surface area contributed by atoms with Gasteiger partial charge in [-0.25, -0.2) is 0 Å². The zero-order valence-corrected chi connectivity index (χ0v) is 11.4. The van der Waals surface area contributed by atoms with Crippen molar-refractivity contribution < 1.29 is 4.74 Å². The Morgan fingerprint density at radius 3 is 2.19 bits per heavy atom. The molecule has 2 unspecified atom stereocenters. The first-order valence-electron chi connectivity index (χ1n) is 6.46. The molecule has 0 N–H and O–H groups in total. The van der Waals surface area contributed by atoms with E-state index in [1.807, 2.05) is 0 Å². The third kappa shape index (κ3) is 2.27. The highest BCUT2D eigenvalue weighted by molar-refractivity contribution is 4.95. The Labute approximate surface area is 99.7 Å². The molecule has 0 aromatic carbocycles. The van der Waals surface area contributed by atoms with Crippen LogP contribution < -0.4 is 0 Å². The first kappa shape index (κ1) is 12.3. The van der Waals surface area contributed by atoms with Gasteiger partial charge in [0.25, 0.3) is 0 Å². The van der Waals surface area contributed by atoms with Crippen molar-refractivity contribution in [2.24, 2.45) is 0 Å². The van der Waals surface area contributed by atoms with Gasteiger partial charge in [-0.05, 0) is 41.2 Å². The van der Waals surface area contributed by atoms with Crippen molar-refractivity contribution in [2.75, 3.05) is 26.8 Å². The molecular weight excluding hydrogens is 200 g/mol. The lowest BCUT2D eigenvalue weighted by atomic mass is 10.1. The lowest BCUT2D eigenvalue weighted by Crippen LogP contribution is -2.52. The summed E-state index contributed by atoms with van der Waals surface area (Å²) in [7, 11) is 2.26. The predicted octanol–water partition coefficient (Wildman–Crippen LogP) is 1.58. The van der Waals surface area contributed by atoms with Crippen LogP contribution in [0.25, 0.3) is 0 Å². The van der Waals surface area contributed by atoms with Crippen molar-refractivity contribution in [3.05, 3.63) is 0 Å². The minimum Gasteiger partial charge on any atom is -0.378 e. The lowest BCUT2D eigenvalue weighted by Gasteiger charge is -2.39. The smallest absolute Gasteiger partial charge is 0.0645 e. The Kier molecular flexibility index (Phi) is 3.30. The van der Waals surface area contributed by atoms with E-state index in [9.17, 15) is 0 Å². The fraction of sp³-hybridized carbons (Fsp3) is 1.00. The molecule has 0 radical (unpaired) electrons. The number of ether oxygens (including phenoxy) is 1. The summed E-state index contributed by atoms with van der Waals surface area (Å²) in [5, 5.41) is 0. The molecule has 0 spiro atoms. The van der Waals surface area contributed by atoms with Crippen LogP contribution in [0.15, 0.2) is 0 Å². The average Bonchev–Trinajstić information content (AvgIpc) is 2.42. The Morgan fingerprint density at radius 1 is 1.19 bits per heavy atom. The van der Waals surface area contributed by atoms with Crippen molar-refractivity contribution in [3.63, 3.8) is 0 Å². The van der Waals surface area contributed by atoms with Crippen LogP contribution in [-0.4, -0.2) is 60.3 Å². The minimum atomic E-state index is 0.297. The van der Waals surface area contributed by atoms with Crippen LogP contribution in [0, 0.1) is 0 Å². The van der Waals surface area contributed by atoms with E-state index in [1.165, 1.54) is 13.0 Å². The van der Waals surface area contributed by atoms with Crippen molar-refractivity contribution in [2.45, 2.75) is 57.8 Å². The van der Waals surface area contributed by atoms with Gasteiger partial charge in [-0.15, -0.1) is 0 Å². The second-order valence-corrected chi connectivity index (χ2v) is 6.42. The van der Waals surface area contributed by atoms with Crippen LogP contribution in [0.1, 0.15) is 34.1 Å². The SMILES string of the molecule is CC1CC(N(C)C2COC2)CN1C(C)(C)C. The van der Waals surface area contributed by atoms with Crippen molar-refractivity contribution >= 4 is 0 Å². The normalized spacial score (nSPS) is 33.4. The van der Waals surface area contributed by atoms with Crippen LogP contribution in [0.3, 0.4) is 0 Å². The average molecular weight is 226 g/mol. The summed E-state index contributed by atoms with van der Waals surface area (Å²) in [6.07, 6.45) is 1.30. The molecule has 2 aliphatic rings. The Hall–Kier alpha value is -0.120. The largest absolute Gasteiger partial charge is 0.378 e. The summed E-state index contributed by atoms with van der Waals surface area (Å²) in [4.78, 5) is 5.17. The standard InChI is InChI=1S/C13H26N2O/c1-10-6-11(7-15(10)13(2,3)4)14(5)12-8-16-9-12/h10-12H,6-9H2,1-5H3. The van der Waals surface area contributed by atoms with Gasteiger partial charge in [0.05, 0.1) is 19.3 Å². The molecule has 0 bridgehead atoms. The molecule has 2 atom stereocenters. The van der Waals surface area contributed by atoms with E-state index in [0.29, 0.717) is 23.7 Å². The molecule has 3 heteroatoms. The van der Waals surface area contributed by atoms with E-state index in [1.54, 1.807) is 0 Å².